The number of amides is 3. The van der Waals surface area contributed by atoms with Crippen LogP contribution in [0.2, 0.25) is 5.02 Å². The lowest BCUT2D eigenvalue weighted by Crippen LogP contribution is -2.37. The van der Waals surface area contributed by atoms with E-state index < -0.39 is 35.9 Å². The molecule has 0 fully saturated rings. The third kappa shape index (κ3) is 2.74. The maximum atomic E-state index is 13.1. The van der Waals surface area contributed by atoms with Gasteiger partial charge < -0.3 is 5.32 Å². The fourth-order valence-corrected chi connectivity index (χ4v) is 2.61. The summed E-state index contributed by atoms with van der Waals surface area (Å²) in [5.74, 6) is -4.23. The van der Waals surface area contributed by atoms with Crippen molar-refractivity contribution in [1.29, 1.82) is 0 Å². The van der Waals surface area contributed by atoms with E-state index in [1.165, 1.54) is 18.2 Å². The van der Waals surface area contributed by atoms with Crippen LogP contribution in [-0.2, 0) is 4.79 Å². The van der Waals surface area contributed by atoms with Gasteiger partial charge in [-0.1, -0.05) is 17.7 Å². The highest BCUT2D eigenvalue weighted by atomic mass is 35.5. The third-order valence-electron chi connectivity index (χ3n) is 3.45. The quantitative estimate of drug-likeness (QED) is 0.866. The van der Waals surface area contributed by atoms with Crippen molar-refractivity contribution in [3.63, 3.8) is 0 Å². The molecular weight excluding hydrogens is 342 g/mol. The number of carbonyl (C=O) groups excluding carboxylic acids is 3. The predicted octanol–water partition coefficient (Wildman–Crippen LogP) is 2.85. The summed E-state index contributed by atoms with van der Waals surface area (Å²) in [6.07, 6.45) is 0. The van der Waals surface area contributed by atoms with Crippen LogP contribution in [0.1, 0.15) is 20.7 Å². The number of carbonyl (C=O) groups is 3. The second-order valence-corrected chi connectivity index (χ2v) is 5.44. The van der Waals surface area contributed by atoms with Gasteiger partial charge in [0.1, 0.15) is 6.54 Å². The van der Waals surface area contributed by atoms with Crippen LogP contribution in [0.3, 0.4) is 0 Å². The number of nitrogens with one attached hydrogen (secondary N) is 1. The minimum Gasteiger partial charge on any atom is -0.324 e. The highest BCUT2D eigenvalue weighted by Gasteiger charge is 2.38. The van der Waals surface area contributed by atoms with Gasteiger partial charge >= 0.3 is 0 Å². The Balaban J connectivity index is 1.76. The molecule has 24 heavy (non-hydrogen) atoms. The molecule has 2 aromatic carbocycles. The van der Waals surface area contributed by atoms with E-state index in [1.807, 2.05) is 0 Å². The Morgan fingerprint density at radius 3 is 2.50 bits per heavy atom. The van der Waals surface area contributed by atoms with E-state index in [2.05, 4.69) is 5.32 Å². The molecule has 1 aliphatic heterocycles. The number of hydrogen-bond acceptors (Lipinski definition) is 3. The Labute approximate surface area is 139 Å². The molecule has 0 bridgehead atoms. The zero-order valence-corrected chi connectivity index (χ0v) is 12.7. The summed E-state index contributed by atoms with van der Waals surface area (Å²) < 4.78 is 26.0. The number of imide groups is 1. The standard InChI is InChI=1S/C16H9ClF2N2O3/c17-10-3-1-2-9-14(10)16(24)21(15(9)23)7-13(22)20-8-4-5-11(18)12(19)6-8/h1-6H,7H2,(H,20,22). The van der Waals surface area contributed by atoms with Crippen LogP contribution in [0.5, 0.6) is 0 Å². The van der Waals surface area contributed by atoms with Gasteiger partial charge in [0.2, 0.25) is 5.91 Å². The average Bonchev–Trinajstić information content (AvgIpc) is 2.77. The van der Waals surface area contributed by atoms with Crippen LogP contribution in [0.4, 0.5) is 14.5 Å². The van der Waals surface area contributed by atoms with Gasteiger partial charge in [-0.05, 0) is 24.3 Å². The molecule has 1 aliphatic rings. The number of hydrogen-bond donors (Lipinski definition) is 1. The first-order valence-electron chi connectivity index (χ1n) is 6.78. The Bertz CT molecular complexity index is 886. The van der Waals surface area contributed by atoms with E-state index in [1.54, 1.807) is 0 Å². The molecule has 1 heterocycles. The van der Waals surface area contributed by atoms with Crippen LogP contribution in [-0.4, -0.2) is 29.2 Å². The highest BCUT2D eigenvalue weighted by Crippen LogP contribution is 2.28. The summed E-state index contributed by atoms with van der Waals surface area (Å²) in [6.45, 7) is -0.568. The molecule has 0 unspecified atom stereocenters. The van der Waals surface area contributed by atoms with Crippen molar-refractivity contribution < 1.29 is 23.2 Å². The first kappa shape index (κ1) is 16.1. The molecule has 0 radical (unpaired) electrons. The number of fused-ring (bicyclic) bond motifs is 1. The van der Waals surface area contributed by atoms with E-state index in [0.717, 1.165) is 23.1 Å². The first-order chi connectivity index (χ1) is 11.4. The number of halogens is 3. The van der Waals surface area contributed by atoms with Crippen molar-refractivity contribution in [2.75, 3.05) is 11.9 Å². The molecule has 1 N–H and O–H groups in total. The number of anilines is 1. The van der Waals surface area contributed by atoms with Gasteiger partial charge in [0.25, 0.3) is 11.8 Å². The summed E-state index contributed by atoms with van der Waals surface area (Å²) in [4.78, 5) is 37.2. The van der Waals surface area contributed by atoms with E-state index >= 15 is 0 Å². The van der Waals surface area contributed by atoms with Crippen molar-refractivity contribution in [2.24, 2.45) is 0 Å². The number of rotatable bonds is 3. The Hall–Kier alpha value is -2.80. The molecule has 3 amide bonds. The topological polar surface area (TPSA) is 66.5 Å². The SMILES string of the molecule is O=C(CN1C(=O)c2cccc(Cl)c2C1=O)Nc1ccc(F)c(F)c1. The lowest BCUT2D eigenvalue weighted by atomic mass is 10.1. The highest BCUT2D eigenvalue weighted by molar-refractivity contribution is 6.37. The summed E-state index contributed by atoms with van der Waals surface area (Å²) in [6, 6.07) is 7.25. The molecule has 3 rings (SSSR count). The molecule has 0 aromatic heterocycles. The molecule has 0 aliphatic carbocycles. The summed E-state index contributed by atoms with van der Waals surface area (Å²) in [5, 5.41) is 2.41. The monoisotopic (exact) mass is 350 g/mol. The van der Waals surface area contributed by atoms with Crippen molar-refractivity contribution in [1.82, 2.24) is 4.90 Å². The Morgan fingerprint density at radius 2 is 1.83 bits per heavy atom. The minimum atomic E-state index is -1.12. The van der Waals surface area contributed by atoms with Gasteiger partial charge in [0.05, 0.1) is 16.1 Å². The molecule has 2 aromatic rings. The van der Waals surface area contributed by atoms with Gasteiger partial charge in [0.15, 0.2) is 11.6 Å². The molecule has 5 nitrogen and oxygen atoms in total. The van der Waals surface area contributed by atoms with Crippen molar-refractivity contribution >= 4 is 35.0 Å². The fraction of sp³-hybridized carbons (Fsp3) is 0.0625. The minimum absolute atomic E-state index is 0.00791. The Morgan fingerprint density at radius 1 is 1.08 bits per heavy atom. The summed E-state index contributed by atoms with van der Waals surface area (Å²) in [5.41, 5.74) is 0.173. The molecule has 0 saturated carbocycles. The molecule has 8 heteroatoms. The molecule has 0 atom stereocenters. The average molecular weight is 351 g/mol. The van der Waals surface area contributed by atoms with E-state index in [-0.39, 0.29) is 21.8 Å². The van der Waals surface area contributed by atoms with E-state index in [9.17, 15) is 23.2 Å². The van der Waals surface area contributed by atoms with Crippen LogP contribution in [0.15, 0.2) is 36.4 Å². The second-order valence-electron chi connectivity index (χ2n) is 5.04. The molecular formula is C16H9ClF2N2O3. The van der Waals surface area contributed by atoms with Gasteiger partial charge in [0, 0.05) is 11.8 Å². The predicted molar refractivity (Wildman–Crippen MR) is 81.8 cm³/mol. The van der Waals surface area contributed by atoms with Crippen LogP contribution in [0.25, 0.3) is 0 Å². The third-order valence-corrected chi connectivity index (χ3v) is 3.77. The van der Waals surface area contributed by atoms with Gasteiger partial charge in [-0.25, -0.2) is 8.78 Å². The van der Waals surface area contributed by atoms with Crippen LogP contribution < -0.4 is 5.32 Å². The fourth-order valence-electron chi connectivity index (χ4n) is 2.35. The van der Waals surface area contributed by atoms with Gasteiger partial charge in [-0.3, -0.25) is 19.3 Å². The smallest absolute Gasteiger partial charge is 0.263 e. The zero-order valence-electron chi connectivity index (χ0n) is 12.0. The summed E-state index contributed by atoms with van der Waals surface area (Å²) in [7, 11) is 0. The zero-order chi connectivity index (χ0) is 17.4. The number of nitrogens with zero attached hydrogens (tertiary/aromatic N) is 1. The van der Waals surface area contributed by atoms with E-state index in [4.69, 9.17) is 11.6 Å². The maximum Gasteiger partial charge on any atom is 0.263 e. The molecule has 0 saturated heterocycles. The normalized spacial score (nSPS) is 13.2. The maximum absolute atomic E-state index is 13.1. The largest absolute Gasteiger partial charge is 0.324 e. The lowest BCUT2D eigenvalue weighted by Gasteiger charge is -2.13. The van der Waals surface area contributed by atoms with Crippen molar-refractivity contribution in [2.45, 2.75) is 0 Å². The van der Waals surface area contributed by atoms with Gasteiger partial charge in [-0.15, -0.1) is 0 Å². The van der Waals surface area contributed by atoms with Crippen LogP contribution >= 0.6 is 11.6 Å². The summed E-state index contributed by atoms with van der Waals surface area (Å²) >= 11 is 5.92. The first-order valence-corrected chi connectivity index (χ1v) is 7.16. The Kier molecular flexibility index (Phi) is 4.02. The van der Waals surface area contributed by atoms with Gasteiger partial charge in [-0.2, -0.15) is 0 Å². The second kappa shape index (κ2) is 6.01. The lowest BCUT2D eigenvalue weighted by molar-refractivity contribution is -0.116. The van der Waals surface area contributed by atoms with E-state index in [0.29, 0.717) is 0 Å². The van der Waals surface area contributed by atoms with Crippen molar-refractivity contribution in [3.05, 3.63) is 64.2 Å². The molecule has 122 valence electrons. The number of benzene rings is 2. The van der Waals surface area contributed by atoms with Crippen LogP contribution in [0, 0.1) is 11.6 Å². The van der Waals surface area contributed by atoms with Crippen molar-refractivity contribution in [3.8, 4) is 0 Å². The molecule has 0 spiro atoms.